The lowest BCUT2D eigenvalue weighted by molar-refractivity contribution is -0.141. The fraction of sp³-hybridized carbons (Fsp3) is 0.846. The van der Waals surface area contributed by atoms with Crippen molar-refractivity contribution in [2.75, 3.05) is 18.1 Å². The van der Waals surface area contributed by atoms with Crippen LogP contribution in [0.5, 0.6) is 0 Å². The molecule has 0 radical (unpaired) electrons. The lowest BCUT2D eigenvalue weighted by atomic mass is 10.1. The Bertz CT molecular complexity index is 312. The lowest BCUT2D eigenvalue weighted by Crippen LogP contribution is -2.55. The van der Waals surface area contributed by atoms with Crippen molar-refractivity contribution in [3.8, 4) is 0 Å². The van der Waals surface area contributed by atoms with Gasteiger partial charge in [0, 0.05) is 24.1 Å². The SMILES string of the molecule is CCCCCC(C)NC(=O)N1CCSCC1C(=O)O. The lowest BCUT2D eigenvalue weighted by Gasteiger charge is -2.33. The Kier molecular flexibility index (Phi) is 7.05. The van der Waals surface area contributed by atoms with Gasteiger partial charge in [0.1, 0.15) is 6.04 Å². The summed E-state index contributed by atoms with van der Waals surface area (Å²) in [5, 5.41) is 12.0. The summed E-state index contributed by atoms with van der Waals surface area (Å²) >= 11 is 1.59. The van der Waals surface area contributed by atoms with Gasteiger partial charge in [0.25, 0.3) is 0 Å². The number of urea groups is 1. The van der Waals surface area contributed by atoms with Gasteiger partial charge in [-0.2, -0.15) is 11.8 Å². The number of hydrogen-bond acceptors (Lipinski definition) is 3. The van der Waals surface area contributed by atoms with Gasteiger partial charge in [-0.3, -0.25) is 0 Å². The minimum absolute atomic E-state index is 0.100. The molecule has 1 rings (SSSR count). The molecule has 0 spiro atoms. The molecule has 0 aromatic heterocycles. The van der Waals surface area contributed by atoms with E-state index in [1.54, 1.807) is 11.8 Å². The highest BCUT2D eigenvalue weighted by Gasteiger charge is 2.32. The predicted octanol–water partition coefficient (Wildman–Crippen LogP) is 2.17. The molecule has 6 heteroatoms. The highest BCUT2D eigenvalue weighted by atomic mass is 32.2. The van der Waals surface area contributed by atoms with E-state index in [1.807, 2.05) is 6.92 Å². The summed E-state index contributed by atoms with van der Waals surface area (Å²) in [4.78, 5) is 24.7. The van der Waals surface area contributed by atoms with Crippen LogP contribution in [0.2, 0.25) is 0 Å². The summed E-state index contributed by atoms with van der Waals surface area (Å²) < 4.78 is 0. The monoisotopic (exact) mass is 288 g/mol. The number of unbranched alkanes of at least 4 members (excludes halogenated alkanes) is 2. The maximum absolute atomic E-state index is 12.1. The zero-order valence-electron chi connectivity index (χ0n) is 11.7. The molecule has 2 unspecified atom stereocenters. The van der Waals surface area contributed by atoms with Crippen LogP contribution in [0, 0.1) is 0 Å². The minimum atomic E-state index is -0.916. The van der Waals surface area contributed by atoms with E-state index >= 15 is 0 Å². The highest BCUT2D eigenvalue weighted by Crippen LogP contribution is 2.17. The van der Waals surface area contributed by atoms with Crippen LogP contribution < -0.4 is 5.32 Å². The Morgan fingerprint density at radius 3 is 2.84 bits per heavy atom. The zero-order valence-corrected chi connectivity index (χ0v) is 12.5. The third-order valence-electron chi connectivity index (χ3n) is 3.28. The maximum atomic E-state index is 12.1. The number of nitrogens with zero attached hydrogens (tertiary/aromatic N) is 1. The maximum Gasteiger partial charge on any atom is 0.327 e. The normalized spacial score (nSPS) is 20.9. The zero-order chi connectivity index (χ0) is 14.3. The van der Waals surface area contributed by atoms with Gasteiger partial charge in [-0.15, -0.1) is 0 Å². The molecule has 2 amide bonds. The summed E-state index contributed by atoms with van der Waals surface area (Å²) in [6.07, 6.45) is 4.36. The van der Waals surface area contributed by atoms with Gasteiger partial charge in [-0.05, 0) is 13.3 Å². The summed E-state index contributed by atoms with van der Waals surface area (Å²) in [5.74, 6) is 0.370. The van der Waals surface area contributed by atoms with E-state index in [4.69, 9.17) is 5.11 Å². The molecule has 1 heterocycles. The number of carboxylic acids is 1. The Balaban J connectivity index is 2.43. The van der Waals surface area contributed by atoms with E-state index in [1.165, 1.54) is 4.90 Å². The van der Waals surface area contributed by atoms with Crippen molar-refractivity contribution in [2.24, 2.45) is 0 Å². The molecule has 0 aliphatic carbocycles. The molecule has 2 N–H and O–H groups in total. The van der Waals surface area contributed by atoms with Crippen LogP contribution in [0.1, 0.15) is 39.5 Å². The van der Waals surface area contributed by atoms with E-state index in [-0.39, 0.29) is 12.1 Å². The molecule has 0 aromatic carbocycles. The van der Waals surface area contributed by atoms with Crippen molar-refractivity contribution in [1.82, 2.24) is 10.2 Å². The van der Waals surface area contributed by atoms with Crippen molar-refractivity contribution >= 4 is 23.8 Å². The summed E-state index contributed by atoms with van der Waals surface area (Å²) in [7, 11) is 0. The van der Waals surface area contributed by atoms with Crippen LogP contribution in [0.4, 0.5) is 4.79 Å². The predicted molar refractivity (Wildman–Crippen MR) is 77.6 cm³/mol. The number of carbonyl (C=O) groups excluding carboxylic acids is 1. The summed E-state index contributed by atoms with van der Waals surface area (Å²) in [5.41, 5.74) is 0. The van der Waals surface area contributed by atoms with Crippen molar-refractivity contribution in [1.29, 1.82) is 0 Å². The molecule has 1 aliphatic heterocycles. The van der Waals surface area contributed by atoms with Gasteiger partial charge >= 0.3 is 12.0 Å². The number of rotatable bonds is 6. The molecule has 0 bridgehead atoms. The molecular weight excluding hydrogens is 264 g/mol. The molecule has 5 nitrogen and oxygen atoms in total. The summed E-state index contributed by atoms with van der Waals surface area (Å²) in [6.45, 7) is 4.63. The topological polar surface area (TPSA) is 69.6 Å². The number of thioether (sulfide) groups is 1. The first-order valence-electron chi connectivity index (χ1n) is 6.94. The van der Waals surface area contributed by atoms with Gasteiger partial charge in [-0.25, -0.2) is 9.59 Å². The van der Waals surface area contributed by atoms with Crippen LogP contribution in [0.25, 0.3) is 0 Å². The fourth-order valence-electron chi connectivity index (χ4n) is 2.12. The van der Waals surface area contributed by atoms with Crippen molar-refractivity contribution in [3.63, 3.8) is 0 Å². The molecule has 1 fully saturated rings. The number of hydrogen-bond donors (Lipinski definition) is 2. The smallest absolute Gasteiger partial charge is 0.327 e. The average molecular weight is 288 g/mol. The number of carbonyl (C=O) groups is 2. The van der Waals surface area contributed by atoms with Gasteiger partial charge in [0.15, 0.2) is 0 Å². The number of amides is 2. The molecular formula is C13H24N2O3S. The second-order valence-corrected chi connectivity index (χ2v) is 6.12. The standard InChI is InChI=1S/C13H24N2O3S/c1-3-4-5-6-10(2)14-13(18)15-7-8-19-9-11(15)12(16)17/h10-11H,3-9H2,1-2H3,(H,14,18)(H,16,17). The van der Waals surface area contributed by atoms with Crippen LogP contribution in [0.15, 0.2) is 0 Å². The second kappa shape index (κ2) is 8.30. The van der Waals surface area contributed by atoms with Crippen molar-refractivity contribution < 1.29 is 14.7 Å². The minimum Gasteiger partial charge on any atom is -0.480 e. The van der Waals surface area contributed by atoms with Crippen LogP contribution >= 0.6 is 11.8 Å². The third kappa shape index (κ3) is 5.30. The largest absolute Gasteiger partial charge is 0.480 e. The van der Waals surface area contributed by atoms with E-state index in [0.29, 0.717) is 12.3 Å². The number of carboxylic acid groups (broad SMARTS) is 1. The Morgan fingerprint density at radius 1 is 1.47 bits per heavy atom. The molecule has 19 heavy (non-hydrogen) atoms. The Labute approximate surface area is 119 Å². The van der Waals surface area contributed by atoms with Crippen molar-refractivity contribution in [2.45, 2.75) is 51.6 Å². The van der Waals surface area contributed by atoms with Crippen LogP contribution in [0.3, 0.4) is 0 Å². The van der Waals surface area contributed by atoms with Crippen LogP contribution in [-0.4, -0.2) is 52.1 Å². The second-order valence-electron chi connectivity index (χ2n) is 4.97. The van der Waals surface area contributed by atoms with Gasteiger partial charge in [-0.1, -0.05) is 26.2 Å². The van der Waals surface area contributed by atoms with E-state index in [9.17, 15) is 9.59 Å². The number of aliphatic carboxylic acids is 1. The third-order valence-corrected chi connectivity index (χ3v) is 4.31. The molecule has 110 valence electrons. The quantitative estimate of drug-likeness (QED) is 0.735. The average Bonchev–Trinajstić information content (AvgIpc) is 2.39. The van der Waals surface area contributed by atoms with Gasteiger partial charge < -0.3 is 15.3 Å². The Morgan fingerprint density at radius 2 is 2.21 bits per heavy atom. The highest BCUT2D eigenvalue weighted by molar-refractivity contribution is 7.99. The Hall–Kier alpha value is -0.910. The first kappa shape index (κ1) is 16.1. The van der Waals surface area contributed by atoms with Crippen molar-refractivity contribution in [3.05, 3.63) is 0 Å². The molecule has 2 atom stereocenters. The fourth-order valence-corrected chi connectivity index (χ4v) is 3.16. The molecule has 1 aliphatic rings. The van der Waals surface area contributed by atoms with Crippen LogP contribution in [-0.2, 0) is 4.79 Å². The molecule has 0 saturated carbocycles. The number of nitrogens with one attached hydrogen (secondary N) is 1. The molecule has 0 aromatic rings. The van der Waals surface area contributed by atoms with Gasteiger partial charge in [0.05, 0.1) is 0 Å². The van der Waals surface area contributed by atoms with E-state index in [0.717, 1.165) is 31.4 Å². The molecule has 1 saturated heterocycles. The first-order chi connectivity index (χ1) is 9.06. The van der Waals surface area contributed by atoms with Gasteiger partial charge in [0.2, 0.25) is 0 Å². The first-order valence-corrected chi connectivity index (χ1v) is 8.09. The van der Waals surface area contributed by atoms with E-state index in [2.05, 4.69) is 12.2 Å². The van der Waals surface area contributed by atoms with E-state index < -0.39 is 12.0 Å². The summed E-state index contributed by atoms with van der Waals surface area (Å²) in [6, 6.07) is -0.832.